The lowest BCUT2D eigenvalue weighted by Crippen LogP contribution is -2.08. The normalized spacial score (nSPS) is 13.7. The average Bonchev–Trinajstić information content (AvgIpc) is 3.53. The van der Waals surface area contributed by atoms with Gasteiger partial charge < -0.3 is 19.6 Å². The quantitative estimate of drug-likeness (QED) is 0.224. The fraction of sp³-hybridized carbons (Fsp3) is 0.308. The Balaban J connectivity index is 1.28. The highest BCUT2D eigenvalue weighted by Crippen LogP contribution is 2.45. The van der Waals surface area contributed by atoms with Crippen molar-refractivity contribution < 1.29 is 26.7 Å². The van der Waals surface area contributed by atoms with Crippen molar-refractivity contribution in [1.29, 1.82) is 0 Å². The van der Waals surface area contributed by atoms with Gasteiger partial charge >= 0.3 is 6.18 Å². The van der Waals surface area contributed by atoms with Gasteiger partial charge in [0.2, 0.25) is 5.88 Å². The number of rotatable bonds is 9. The molecule has 41 heavy (non-hydrogen) atoms. The summed E-state index contributed by atoms with van der Waals surface area (Å²) >= 11 is 0. The summed E-state index contributed by atoms with van der Waals surface area (Å²) in [5.74, 6) is 1.26. The smallest absolute Gasteiger partial charge is 0.434 e. The van der Waals surface area contributed by atoms with Crippen molar-refractivity contribution in [3.63, 3.8) is 0 Å². The largest absolute Gasteiger partial charge is 0.480 e. The Hall–Kier alpha value is -4.69. The second kappa shape index (κ2) is 10.4. The summed E-state index contributed by atoms with van der Waals surface area (Å²) < 4.78 is 71.9. The van der Waals surface area contributed by atoms with Gasteiger partial charge in [-0.25, -0.2) is 38.7 Å². The summed E-state index contributed by atoms with van der Waals surface area (Å²) in [4.78, 5) is 28.9. The lowest BCUT2D eigenvalue weighted by atomic mass is 10.1. The lowest BCUT2D eigenvalue weighted by molar-refractivity contribution is -0.140. The molecule has 4 aromatic heterocycles. The highest BCUT2D eigenvalue weighted by atomic mass is 19.4. The zero-order valence-electron chi connectivity index (χ0n) is 21.5. The minimum atomic E-state index is -4.75. The van der Waals surface area contributed by atoms with E-state index in [1.165, 1.54) is 31.9 Å². The molecule has 1 saturated carbocycles. The Morgan fingerprint density at radius 2 is 1.85 bits per heavy atom. The number of aromatic amines is 1. The molecule has 2 N–H and O–H groups in total. The van der Waals surface area contributed by atoms with Crippen molar-refractivity contribution in [3.05, 3.63) is 60.1 Å². The summed E-state index contributed by atoms with van der Waals surface area (Å²) in [6.07, 6.45) is -2.04. The highest BCUT2D eigenvalue weighted by molar-refractivity contribution is 5.85. The van der Waals surface area contributed by atoms with Gasteiger partial charge in [0.1, 0.15) is 23.2 Å². The number of ether oxygens (including phenoxy) is 1. The van der Waals surface area contributed by atoms with Crippen LogP contribution in [0.1, 0.15) is 35.7 Å². The van der Waals surface area contributed by atoms with Gasteiger partial charge in [0.25, 0.3) is 6.43 Å². The topological polar surface area (TPSA) is 119 Å². The van der Waals surface area contributed by atoms with E-state index >= 15 is 0 Å². The molecule has 1 fully saturated rings. The van der Waals surface area contributed by atoms with E-state index in [1.807, 2.05) is 0 Å². The maximum atomic E-state index is 13.2. The Kier molecular flexibility index (Phi) is 6.71. The van der Waals surface area contributed by atoms with Crippen LogP contribution >= 0.6 is 0 Å². The number of fused-ring (bicyclic) bond motifs is 1. The van der Waals surface area contributed by atoms with E-state index in [1.54, 1.807) is 12.1 Å². The van der Waals surface area contributed by atoms with Crippen molar-refractivity contribution in [2.24, 2.45) is 0 Å². The number of benzene rings is 1. The predicted molar refractivity (Wildman–Crippen MR) is 137 cm³/mol. The zero-order valence-corrected chi connectivity index (χ0v) is 21.5. The van der Waals surface area contributed by atoms with E-state index in [9.17, 15) is 22.0 Å². The van der Waals surface area contributed by atoms with Gasteiger partial charge in [0.05, 0.1) is 25.7 Å². The molecule has 0 aliphatic heterocycles. The molecular weight excluding hydrogens is 549 g/mol. The van der Waals surface area contributed by atoms with Gasteiger partial charge in [-0.05, 0) is 18.4 Å². The number of anilines is 1. The van der Waals surface area contributed by atoms with Crippen LogP contribution in [0.4, 0.5) is 27.8 Å². The van der Waals surface area contributed by atoms with Crippen LogP contribution in [0.15, 0.2) is 43.1 Å². The number of methoxy groups -OCH3 is 1. The minimum absolute atomic E-state index is 0.192. The van der Waals surface area contributed by atoms with Crippen LogP contribution in [-0.4, -0.2) is 53.0 Å². The van der Waals surface area contributed by atoms with Crippen molar-refractivity contribution in [3.8, 4) is 28.7 Å². The fourth-order valence-electron chi connectivity index (χ4n) is 4.51. The van der Waals surface area contributed by atoms with Gasteiger partial charge in [-0.15, -0.1) is 0 Å². The number of nitrogens with zero attached hydrogens (tertiary/aromatic N) is 7. The summed E-state index contributed by atoms with van der Waals surface area (Å²) in [6, 6.07) is 6.41. The number of imidazole rings is 2. The first-order valence-electron chi connectivity index (χ1n) is 12.6. The van der Waals surface area contributed by atoms with Crippen molar-refractivity contribution in [2.45, 2.75) is 44.5 Å². The van der Waals surface area contributed by atoms with Crippen LogP contribution in [0.5, 0.6) is 5.88 Å². The number of halogens is 5. The standard InChI is InChI=1S/C26H22F5N9O/c1-41-25-18(19(14-6-7-14)33-12-36-25)21-38-22(20-23(39-21)35-11-34-20)32-8-13-2-4-15(5-3-13)24-37-16(26(29,30)31)9-40(24)10-17(27)28/h2-5,9,11-12,14,17H,6-8,10H2,1H3,(H2,32,34,35,38,39). The molecule has 0 unspecified atom stereocenters. The molecule has 0 amide bonds. The van der Waals surface area contributed by atoms with Gasteiger partial charge in [-0.1, -0.05) is 24.3 Å². The molecular formula is C26H22F5N9O. The molecule has 1 aliphatic carbocycles. The van der Waals surface area contributed by atoms with Crippen LogP contribution in [0.3, 0.4) is 0 Å². The third-order valence-electron chi connectivity index (χ3n) is 6.58. The van der Waals surface area contributed by atoms with Gasteiger partial charge in [0.15, 0.2) is 23.0 Å². The number of hydrogen-bond acceptors (Lipinski definition) is 8. The first-order valence-corrected chi connectivity index (χ1v) is 12.6. The number of hydrogen-bond donors (Lipinski definition) is 2. The Labute approximate surface area is 229 Å². The molecule has 0 atom stereocenters. The molecule has 1 aromatic carbocycles. The fourth-order valence-corrected chi connectivity index (χ4v) is 4.51. The minimum Gasteiger partial charge on any atom is -0.480 e. The van der Waals surface area contributed by atoms with E-state index in [0.29, 0.717) is 40.4 Å². The predicted octanol–water partition coefficient (Wildman–Crippen LogP) is 5.46. The molecule has 0 radical (unpaired) electrons. The third kappa shape index (κ3) is 5.38. The van der Waals surface area contributed by atoms with Crippen LogP contribution in [0, 0.1) is 0 Å². The number of aromatic nitrogens is 8. The van der Waals surface area contributed by atoms with Gasteiger partial charge in [0, 0.05) is 24.2 Å². The SMILES string of the molecule is COc1ncnc(C2CC2)c1-c1nc(NCc2ccc(-c3nc(C(F)(F)F)cn3CC(F)F)cc2)c2[nH]cnc2n1. The number of H-pyrrole nitrogens is 1. The summed E-state index contributed by atoms with van der Waals surface area (Å²) in [5.41, 5.74) is 2.21. The first-order chi connectivity index (χ1) is 19.7. The zero-order chi connectivity index (χ0) is 28.7. The molecule has 212 valence electrons. The number of nitrogens with one attached hydrogen (secondary N) is 2. The molecule has 6 rings (SSSR count). The lowest BCUT2D eigenvalue weighted by Gasteiger charge is -2.13. The van der Waals surface area contributed by atoms with Crippen molar-refractivity contribution in [2.75, 3.05) is 12.4 Å². The van der Waals surface area contributed by atoms with Crippen LogP contribution in [0.2, 0.25) is 0 Å². The molecule has 0 bridgehead atoms. The monoisotopic (exact) mass is 571 g/mol. The van der Waals surface area contributed by atoms with Crippen molar-refractivity contribution >= 4 is 17.0 Å². The van der Waals surface area contributed by atoms with Crippen LogP contribution < -0.4 is 10.1 Å². The third-order valence-corrected chi connectivity index (χ3v) is 6.58. The first kappa shape index (κ1) is 26.5. The average molecular weight is 572 g/mol. The molecule has 5 aromatic rings. The molecule has 1 aliphatic rings. The van der Waals surface area contributed by atoms with E-state index in [0.717, 1.165) is 28.7 Å². The Morgan fingerprint density at radius 1 is 1.07 bits per heavy atom. The van der Waals surface area contributed by atoms with Crippen molar-refractivity contribution in [1.82, 2.24) is 39.5 Å². The Morgan fingerprint density at radius 3 is 2.54 bits per heavy atom. The van der Waals surface area contributed by atoms with E-state index in [-0.39, 0.29) is 23.9 Å². The Bertz CT molecular complexity index is 1690. The molecule has 0 saturated heterocycles. The molecule has 10 nitrogen and oxygen atoms in total. The van der Waals surface area contributed by atoms with E-state index in [2.05, 4.69) is 35.2 Å². The van der Waals surface area contributed by atoms with Crippen LogP contribution in [-0.2, 0) is 19.3 Å². The highest BCUT2D eigenvalue weighted by Gasteiger charge is 2.35. The van der Waals surface area contributed by atoms with E-state index in [4.69, 9.17) is 9.72 Å². The summed E-state index contributed by atoms with van der Waals surface area (Å²) in [5, 5.41) is 3.25. The van der Waals surface area contributed by atoms with Crippen LogP contribution in [0.25, 0.3) is 33.9 Å². The maximum absolute atomic E-state index is 13.2. The molecule has 0 spiro atoms. The van der Waals surface area contributed by atoms with Gasteiger partial charge in [-0.3, -0.25) is 0 Å². The molecule has 15 heteroatoms. The summed E-state index contributed by atoms with van der Waals surface area (Å²) in [6.45, 7) is -0.625. The maximum Gasteiger partial charge on any atom is 0.434 e. The second-order valence-corrected chi connectivity index (χ2v) is 9.46. The second-order valence-electron chi connectivity index (χ2n) is 9.46. The summed E-state index contributed by atoms with van der Waals surface area (Å²) in [7, 11) is 1.52. The van der Waals surface area contributed by atoms with Gasteiger partial charge in [-0.2, -0.15) is 13.2 Å². The number of alkyl halides is 5. The van der Waals surface area contributed by atoms with E-state index < -0.39 is 24.8 Å². The molecule has 4 heterocycles.